The first-order valence-corrected chi connectivity index (χ1v) is 7.33. The van der Waals surface area contributed by atoms with Gasteiger partial charge in [0.2, 0.25) is 0 Å². The van der Waals surface area contributed by atoms with E-state index in [1.165, 1.54) is 5.56 Å². The average Bonchev–Trinajstić information content (AvgIpc) is 2.97. The number of halogens is 1. The number of carbonyl (C=O) groups is 1. The number of nitrogens with zero attached hydrogens (tertiary/aromatic N) is 3. The van der Waals surface area contributed by atoms with Gasteiger partial charge >= 0.3 is 0 Å². The van der Waals surface area contributed by atoms with Gasteiger partial charge in [0.25, 0.3) is 5.91 Å². The van der Waals surface area contributed by atoms with Crippen molar-refractivity contribution in [2.24, 2.45) is 5.73 Å². The molecule has 2 N–H and O–H groups in total. The molecule has 1 aliphatic rings. The van der Waals surface area contributed by atoms with Crippen LogP contribution in [0.5, 0.6) is 0 Å². The Morgan fingerprint density at radius 2 is 1.91 bits per heavy atom. The van der Waals surface area contributed by atoms with Crippen LogP contribution in [0.15, 0.2) is 42.7 Å². The highest BCUT2D eigenvalue weighted by atomic mass is 35.5. The molecule has 2 aromatic rings. The van der Waals surface area contributed by atoms with Gasteiger partial charge in [-0.1, -0.05) is 30.3 Å². The second-order valence-corrected chi connectivity index (χ2v) is 5.54. The maximum absolute atomic E-state index is 12.4. The fourth-order valence-corrected chi connectivity index (χ4v) is 2.62. The van der Waals surface area contributed by atoms with Gasteiger partial charge in [-0.3, -0.25) is 9.48 Å². The normalized spacial score (nSPS) is 15.4. The summed E-state index contributed by atoms with van der Waals surface area (Å²) >= 11 is 0. The van der Waals surface area contributed by atoms with Crippen LogP contribution in [-0.2, 0) is 6.54 Å². The lowest BCUT2D eigenvalue weighted by molar-refractivity contribution is 0.0714. The number of aromatic nitrogens is 2. The lowest BCUT2D eigenvalue weighted by atomic mass is 10.1. The second kappa shape index (κ2) is 7.42. The third kappa shape index (κ3) is 3.87. The Kier molecular flexibility index (Phi) is 5.57. The van der Waals surface area contributed by atoms with Gasteiger partial charge in [0.05, 0.1) is 18.3 Å². The Morgan fingerprint density at radius 3 is 2.59 bits per heavy atom. The van der Waals surface area contributed by atoms with Crippen LogP contribution < -0.4 is 5.73 Å². The second-order valence-electron chi connectivity index (χ2n) is 5.54. The molecule has 0 radical (unpaired) electrons. The molecule has 1 saturated heterocycles. The van der Waals surface area contributed by atoms with Crippen LogP contribution in [0.2, 0.25) is 0 Å². The van der Waals surface area contributed by atoms with Crippen LogP contribution in [0.3, 0.4) is 0 Å². The summed E-state index contributed by atoms with van der Waals surface area (Å²) in [6.45, 7) is 2.16. The molecule has 6 heteroatoms. The maximum Gasteiger partial charge on any atom is 0.257 e. The Hall–Kier alpha value is -1.85. The molecule has 1 aromatic carbocycles. The highest BCUT2D eigenvalue weighted by Crippen LogP contribution is 2.13. The monoisotopic (exact) mass is 320 g/mol. The summed E-state index contributed by atoms with van der Waals surface area (Å²) in [5.74, 6) is 0.0567. The van der Waals surface area contributed by atoms with E-state index < -0.39 is 0 Å². The van der Waals surface area contributed by atoms with Crippen LogP contribution >= 0.6 is 12.4 Å². The van der Waals surface area contributed by atoms with E-state index in [1.807, 2.05) is 29.3 Å². The van der Waals surface area contributed by atoms with E-state index in [0.717, 1.165) is 25.9 Å². The molecule has 0 atom stereocenters. The molecule has 0 unspecified atom stereocenters. The van der Waals surface area contributed by atoms with Gasteiger partial charge in [-0.05, 0) is 18.4 Å². The van der Waals surface area contributed by atoms with Crippen molar-refractivity contribution >= 4 is 18.3 Å². The van der Waals surface area contributed by atoms with E-state index in [2.05, 4.69) is 17.2 Å². The van der Waals surface area contributed by atoms with Gasteiger partial charge < -0.3 is 10.6 Å². The zero-order valence-corrected chi connectivity index (χ0v) is 13.2. The van der Waals surface area contributed by atoms with Gasteiger partial charge in [-0.15, -0.1) is 12.4 Å². The SMILES string of the molecule is Cl.NC1CCN(C(=O)c2cnn(Cc3ccccc3)c2)CC1. The number of amides is 1. The molecule has 1 aromatic heterocycles. The Morgan fingerprint density at radius 1 is 1.23 bits per heavy atom. The quantitative estimate of drug-likeness (QED) is 0.939. The number of benzene rings is 1. The minimum absolute atomic E-state index is 0. The van der Waals surface area contributed by atoms with Crippen molar-refractivity contribution in [2.45, 2.75) is 25.4 Å². The maximum atomic E-state index is 12.4. The third-order valence-electron chi connectivity index (χ3n) is 3.89. The molecule has 1 fully saturated rings. The zero-order valence-electron chi connectivity index (χ0n) is 12.4. The summed E-state index contributed by atoms with van der Waals surface area (Å²) in [5.41, 5.74) is 7.70. The molecule has 0 bridgehead atoms. The standard InChI is InChI=1S/C16H20N4O.ClH/c17-15-6-8-19(9-7-15)16(21)14-10-18-20(12-14)11-13-4-2-1-3-5-13;/h1-5,10,12,15H,6-9,11,17H2;1H. The van der Waals surface area contributed by atoms with Gasteiger partial charge in [0.15, 0.2) is 0 Å². The number of nitrogens with two attached hydrogens (primary N) is 1. The minimum Gasteiger partial charge on any atom is -0.338 e. The molecular weight excluding hydrogens is 300 g/mol. The molecule has 5 nitrogen and oxygen atoms in total. The predicted molar refractivity (Wildman–Crippen MR) is 88.1 cm³/mol. The summed E-state index contributed by atoms with van der Waals surface area (Å²) in [5, 5.41) is 4.29. The smallest absolute Gasteiger partial charge is 0.257 e. The van der Waals surface area contributed by atoms with E-state index in [-0.39, 0.29) is 24.4 Å². The summed E-state index contributed by atoms with van der Waals surface area (Å²) < 4.78 is 1.80. The summed E-state index contributed by atoms with van der Waals surface area (Å²) in [4.78, 5) is 14.3. The molecule has 118 valence electrons. The van der Waals surface area contributed by atoms with E-state index >= 15 is 0 Å². The molecule has 0 aliphatic carbocycles. The number of likely N-dealkylation sites (tertiary alicyclic amines) is 1. The number of rotatable bonds is 3. The van der Waals surface area contributed by atoms with Crippen LogP contribution in [0, 0.1) is 0 Å². The molecule has 1 aliphatic heterocycles. The first kappa shape index (κ1) is 16.5. The van der Waals surface area contributed by atoms with E-state index in [1.54, 1.807) is 10.9 Å². The van der Waals surface area contributed by atoms with Crippen molar-refractivity contribution in [3.05, 3.63) is 53.9 Å². The Bertz CT molecular complexity index is 606. The van der Waals surface area contributed by atoms with E-state index in [9.17, 15) is 4.79 Å². The van der Waals surface area contributed by atoms with Crippen molar-refractivity contribution in [3.63, 3.8) is 0 Å². The molecule has 0 saturated carbocycles. The number of piperidine rings is 1. The van der Waals surface area contributed by atoms with Gasteiger partial charge in [0.1, 0.15) is 0 Å². The van der Waals surface area contributed by atoms with Crippen LogP contribution in [0.4, 0.5) is 0 Å². The van der Waals surface area contributed by atoms with Crippen molar-refractivity contribution < 1.29 is 4.79 Å². The summed E-state index contributed by atoms with van der Waals surface area (Å²) in [6, 6.07) is 10.3. The van der Waals surface area contributed by atoms with Crippen molar-refractivity contribution in [3.8, 4) is 0 Å². The molecule has 2 heterocycles. The lowest BCUT2D eigenvalue weighted by Crippen LogP contribution is -2.42. The first-order valence-electron chi connectivity index (χ1n) is 7.33. The summed E-state index contributed by atoms with van der Waals surface area (Å²) in [7, 11) is 0. The van der Waals surface area contributed by atoms with Crippen molar-refractivity contribution in [1.29, 1.82) is 0 Å². The number of hydrogen-bond donors (Lipinski definition) is 1. The van der Waals surface area contributed by atoms with Crippen molar-refractivity contribution in [1.82, 2.24) is 14.7 Å². The number of carbonyl (C=O) groups excluding carboxylic acids is 1. The Labute approximate surface area is 136 Å². The van der Waals surface area contributed by atoms with Crippen molar-refractivity contribution in [2.75, 3.05) is 13.1 Å². The molecule has 3 rings (SSSR count). The van der Waals surface area contributed by atoms with Gasteiger partial charge in [0, 0.05) is 25.3 Å². The third-order valence-corrected chi connectivity index (χ3v) is 3.89. The van der Waals surface area contributed by atoms with Gasteiger partial charge in [-0.2, -0.15) is 5.10 Å². The molecule has 0 spiro atoms. The Balaban J connectivity index is 0.00000176. The highest BCUT2D eigenvalue weighted by Gasteiger charge is 2.22. The van der Waals surface area contributed by atoms with Crippen LogP contribution in [-0.4, -0.2) is 39.7 Å². The molecular formula is C16H21ClN4O. The molecule has 1 amide bonds. The average molecular weight is 321 g/mol. The first-order chi connectivity index (χ1) is 10.2. The summed E-state index contributed by atoms with van der Waals surface area (Å²) in [6.07, 6.45) is 5.23. The van der Waals surface area contributed by atoms with E-state index in [0.29, 0.717) is 12.1 Å². The van der Waals surface area contributed by atoms with Gasteiger partial charge in [-0.25, -0.2) is 0 Å². The number of hydrogen-bond acceptors (Lipinski definition) is 3. The molecule has 22 heavy (non-hydrogen) atoms. The minimum atomic E-state index is 0. The zero-order chi connectivity index (χ0) is 14.7. The van der Waals surface area contributed by atoms with E-state index in [4.69, 9.17) is 5.73 Å². The highest BCUT2D eigenvalue weighted by molar-refractivity contribution is 5.93. The lowest BCUT2D eigenvalue weighted by Gasteiger charge is -2.29. The topological polar surface area (TPSA) is 64.2 Å². The van der Waals surface area contributed by atoms with Crippen LogP contribution in [0.1, 0.15) is 28.8 Å². The fraction of sp³-hybridized carbons (Fsp3) is 0.375. The van der Waals surface area contributed by atoms with Crippen LogP contribution in [0.25, 0.3) is 0 Å². The predicted octanol–water partition coefficient (Wildman–Crippen LogP) is 1.92. The fourth-order valence-electron chi connectivity index (χ4n) is 2.62. The largest absolute Gasteiger partial charge is 0.338 e.